The number of carbonyl (C=O) groups excluding carboxylic acids is 3. The molecule has 130 valence electrons. The maximum Gasteiger partial charge on any atom is 0.307 e. The predicted octanol–water partition coefficient (Wildman–Crippen LogP) is 0.774. The largest absolute Gasteiger partial charge is 0.466 e. The molecular weight excluding hydrogens is 338 g/mol. The van der Waals surface area contributed by atoms with Gasteiger partial charge in [0.15, 0.2) is 6.23 Å². The zero-order valence-corrected chi connectivity index (χ0v) is 13.8. The molecule has 1 saturated heterocycles. The Morgan fingerprint density at radius 1 is 1.46 bits per heavy atom. The van der Waals surface area contributed by atoms with E-state index in [2.05, 4.69) is 0 Å². The summed E-state index contributed by atoms with van der Waals surface area (Å²) in [6.07, 6.45) is -0.388. The molecule has 0 aromatic carbocycles. The number of hydrogen-bond donors (Lipinski definition) is 1. The molecular formula is C14H17N3O6S. The van der Waals surface area contributed by atoms with Crippen LogP contribution in [0.25, 0.3) is 0 Å². The van der Waals surface area contributed by atoms with Gasteiger partial charge in [0.05, 0.1) is 42.3 Å². The van der Waals surface area contributed by atoms with Gasteiger partial charge in [-0.3, -0.25) is 19.2 Å². The quantitative estimate of drug-likeness (QED) is 0.609. The van der Waals surface area contributed by atoms with E-state index in [1.165, 1.54) is 0 Å². The number of fused-ring (bicyclic) bond motifs is 1. The minimum Gasteiger partial charge on any atom is -0.466 e. The number of esters is 1. The van der Waals surface area contributed by atoms with Gasteiger partial charge >= 0.3 is 5.97 Å². The van der Waals surface area contributed by atoms with E-state index >= 15 is 0 Å². The van der Waals surface area contributed by atoms with E-state index in [9.17, 15) is 14.4 Å². The van der Waals surface area contributed by atoms with Crippen LogP contribution in [-0.2, 0) is 19.2 Å². The van der Waals surface area contributed by atoms with Gasteiger partial charge in [0.2, 0.25) is 0 Å². The fourth-order valence-corrected chi connectivity index (χ4v) is 3.32. The summed E-state index contributed by atoms with van der Waals surface area (Å²) in [5.41, 5.74) is 6.30. The van der Waals surface area contributed by atoms with Crippen LogP contribution in [0.5, 0.6) is 0 Å². The lowest BCUT2D eigenvalue weighted by Gasteiger charge is -2.34. The molecule has 1 fully saturated rings. The van der Waals surface area contributed by atoms with Crippen LogP contribution in [0.1, 0.15) is 40.5 Å². The monoisotopic (exact) mass is 355 g/mol. The molecule has 9 nitrogen and oxygen atoms in total. The lowest BCUT2D eigenvalue weighted by atomic mass is 10.2. The van der Waals surface area contributed by atoms with Gasteiger partial charge < -0.3 is 10.5 Å². The molecule has 0 spiro atoms. The summed E-state index contributed by atoms with van der Waals surface area (Å²) in [6.45, 7) is 2.40. The standard InChI is InChI=1S/C14H17N3O6S/c1-2-21-10(18)3-5-16-22-6-4-9(23-16)17-13(19)8-7-24-12(15)11(8)14(17)20/h7,9H,2-6,15H2,1H3. The normalized spacial score (nSPS) is 21.2. The van der Waals surface area contributed by atoms with Crippen molar-refractivity contribution in [1.82, 2.24) is 10.1 Å². The Morgan fingerprint density at radius 3 is 2.96 bits per heavy atom. The molecule has 2 aliphatic heterocycles. The van der Waals surface area contributed by atoms with Crippen LogP contribution in [0.4, 0.5) is 5.00 Å². The first kappa shape index (κ1) is 16.8. The average molecular weight is 355 g/mol. The van der Waals surface area contributed by atoms with Crippen LogP contribution in [0.2, 0.25) is 0 Å². The fourth-order valence-electron chi connectivity index (χ4n) is 2.54. The summed E-state index contributed by atoms with van der Waals surface area (Å²) in [6, 6.07) is 0. The lowest BCUT2D eigenvalue weighted by molar-refractivity contribution is -0.424. The Hall–Kier alpha value is -2.01. The van der Waals surface area contributed by atoms with E-state index < -0.39 is 18.0 Å². The van der Waals surface area contributed by atoms with E-state index in [-0.39, 0.29) is 31.1 Å². The van der Waals surface area contributed by atoms with Crippen molar-refractivity contribution in [3.8, 4) is 0 Å². The molecule has 3 rings (SSSR count). The number of rotatable bonds is 5. The van der Waals surface area contributed by atoms with Gasteiger partial charge in [-0.15, -0.1) is 11.3 Å². The van der Waals surface area contributed by atoms with Crippen LogP contribution in [0, 0.1) is 0 Å². The number of hydrogen-bond acceptors (Lipinski definition) is 9. The predicted molar refractivity (Wildman–Crippen MR) is 82.6 cm³/mol. The second kappa shape index (κ2) is 6.85. The molecule has 2 N–H and O–H groups in total. The topological polar surface area (TPSA) is 111 Å². The molecule has 1 aromatic rings. The van der Waals surface area contributed by atoms with E-state index in [0.717, 1.165) is 21.5 Å². The Balaban J connectivity index is 1.64. The molecule has 0 bridgehead atoms. The molecule has 0 saturated carbocycles. The molecule has 1 aromatic heterocycles. The maximum absolute atomic E-state index is 12.5. The first-order chi connectivity index (χ1) is 11.5. The van der Waals surface area contributed by atoms with Crippen LogP contribution in [0.3, 0.4) is 0 Å². The van der Waals surface area contributed by atoms with Crippen molar-refractivity contribution >= 4 is 34.1 Å². The van der Waals surface area contributed by atoms with Gasteiger partial charge in [0, 0.05) is 11.8 Å². The Bertz CT molecular complexity index is 675. The van der Waals surface area contributed by atoms with Gasteiger partial charge in [0.25, 0.3) is 11.8 Å². The molecule has 24 heavy (non-hydrogen) atoms. The zero-order valence-electron chi connectivity index (χ0n) is 13.0. The smallest absolute Gasteiger partial charge is 0.307 e. The van der Waals surface area contributed by atoms with Crippen molar-refractivity contribution in [2.24, 2.45) is 0 Å². The highest BCUT2D eigenvalue weighted by atomic mass is 32.1. The molecule has 2 amide bonds. The molecule has 1 atom stereocenters. The van der Waals surface area contributed by atoms with Crippen molar-refractivity contribution in [2.45, 2.75) is 26.0 Å². The molecule has 0 aliphatic carbocycles. The number of nitrogens with two attached hydrogens (primary N) is 1. The number of hydroxylamine groups is 2. The summed E-state index contributed by atoms with van der Waals surface area (Å²) < 4.78 is 4.83. The van der Waals surface area contributed by atoms with Gasteiger partial charge in [0.1, 0.15) is 0 Å². The van der Waals surface area contributed by atoms with E-state index in [0.29, 0.717) is 23.6 Å². The summed E-state index contributed by atoms with van der Waals surface area (Å²) in [7, 11) is 0. The SMILES string of the molecule is CCOC(=O)CCN1OCCC(N2C(=O)c3csc(N)c3C2=O)O1. The number of anilines is 1. The maximum atomic E-state index is 12.5. The Morgan fingerprint density at radius 2 is 2.25 bits per heavy atom. The number of nitrogens with zero attached hydrogens (tertiary/aromatic N) is 2. The van der Waals surface area contributed by atoms with Crippen LogP contribution >= 0.6 is 11.3 Å². The van der Waals surface area contributed by atoms with Gasteiger partial charge in [-0.2, -0.15) is 0 Å². The third kappa shape index (κ3) is 3.00. The number of ether oxygens (including phenoxy) is 1. The number of thiophene rings is 1. The third-order valence-corrected chi connectivity index (χ3v) is 4.44. The molecule has 2 aliphatic rings. The van der Waals surface area contributed by atoms with Crippen LogP contribution in [-0.4, -0.2) is 53.9 Å². The van der Waals surface area contributed by atoms with Crippen molar-refractivity contribution in [3.63, 3.8) is 0 Å². The van der Waals surface area contributed by atoms with Crippen molar-refractivity contribution in [1.29, 1.82) is 0 Å². The minimum atomic E-state index is -0.794. The molecule has 10 heteroatoms. The first-order valence-corrected chi connectivity index (χ1v) is 8.38. The van der Waals surface area contributed by atoms with Gasteiger partial charge in [-0.1, -0.05) is 5.23 Å². The van der Waals surface area contributed by atoms with E-state index in [1.54, 1.807) is 12.3 Å². The van der Waals surface area contributed by atoms with Gasteiger partial charge in [-0.25, -0.2) is 9.74 Å². The van der Waals surface area contributed by atoms with Gasteiger partial charge in [-0.05, 0) is 6.92 Å². The summed E-state index contributed by atoms with van der Waals surface area (Å²) in [4.78, 5) is 48.1. The van der Waals surface area contributed by atoms with Crippen molar-refractivity contribution in [3.05, 3.63) is 16.5 Å². The number of imide groups is 1. The Labute approximate surface area is 141 Å². The average Bonchev–Trinajstić information content (AvgIpc) is 3.06. The van der Waals surface area contributed by atoms with E-state index in [1.807, 2.05) is 0 Å². The van der Waals surface area contributed by atoms with Crippen molar-refractivity contribution < 1.29 is 28.8 Å². The summed E-state index contributed by atoms with van der Waals surface area (Å²) in [5.74, 6) is -1.28. The van der Waals surface area contributed by atoms with Crippen LogP contribution in [0.15, 0.2) is 5.38 Å². The van der Waals surface area contributed by atoms with E-state index in [4.69, 9.17) is 20.1 Å². The highest BCUT2D eigenvalue weighted by Gasteiger charge is 2.44. The lowest BCUT2D eigenvalue weighted by Crippen LogP contribution is -2.49. The highest BCUT2D eigenvalue weighted by molar-refractivity contribution is 7.14. The highest BCUT2D eigenvalue weighted by Crippen LogP contribution is 2.35. The van der Waals surface area contributed by atoms with Crippen molar-refractivity contribution in [2.75, 3.05) is 25.5 Å². The number of nitrogen functional groups attached to an aromatic ring is 1. The fraction of sp³-hybridized carbons (Fsp3) is 0.500. The summed E-state index contributed by atoms with van der Waals surface area (Å²) >= 11 is 1.16. The Kier molecular flexibility index (Phi) is 4.81. The molecule has 0 radical (unpaired) electrons. The zero-order chi connectivity index (χ0) is 17.3. The number of amides is 2. The second-order valence-electron chi connectivity index (χ2n) is 5.16. The van der Waals surface area contributed by atoms with Crippen LogP contribution < -0.4 is 5.73 Å². The second-order valence-corrected chi connectivity index (χ2v) is 6.07. The minimum absolute atomic E-state index is 0.0718. The first-order valence-electron chi connectivity index (χ1n) is 7.50. The summed E-state index contributed by atoms with van der Waals surface area (Å²) in [5, 5.41) is 3.00. The number of carbonyl (C=O) groups is 3. The third-order valence-electron chi connectivity index (χ3n) is 3.63. The molecule has 1 unspecified atom stereocenters. The molecule has 3 heterocycles.